The molecule has 2 rings (SSSR count). The van der Waals surface area contributed by atoms with Gasteiger partial charge in [0.25, 0.3) is 5.69 Å². The molecule has 0 unspecified atom stereocenters. The van der Waals surface area contributed by atoms with Crippen LogP contribution in [0.25, 0.3) is 12.2 Å². The number of non-ortho nitro benzene ring substituents is 1. The van der Waals surface area contributed by atoms with E-state index >= 15 is 0 Å². The third-order valence-corrected chi connectivity index (χ3v) is 3.16. The molecule has 0 N–H and O–H groups in total. The number of nitro groups is 1. The highest BCUT2D eigenvalue weighted by Gasteiger charge is 2.03. The number of halogens is 1. The van der Waals surface area contributed by atoms with Crippen LogP contribution in [0, 0.1) is 10.1 Å². The molecule has 0 aliphatic carbocycles. The maximum Gasteiger partial charge on any atom is 0.269 e. The van der Waals surface area contributed by atoms with Crippen molar-refractivity contribution in [1.29, 1.82) is 0 Å². The van der Waals surface area contributed by atoms with Crippen molar-refractivity contribution in [2.24, 2.45) is 0 Å². The molecule has 0 saturated heterocycles. The summed E-state index contributed by atoms with van der Waals surface area (Å²) in [6.45, 7) is 0.137. The SMILES string of the molecule is COCOc1ccc(C=Cc2ccc([N+](=O)[O-])cc2)cc1Cl. The highest BCUT2D eigenvalue weighted by molar-refractivity contribution is 6.32. The van der Waals surface area contributed by atoms with E-state index in [0.717, 1.165) is 11.1 Å². The molecular formula is C16H14ClNO4. The topological polar surface area (TPSA) is 61.6 Å². The van der Waals surface area contributed by atoms with Crippen LogP contribution in [0.3, 0.4) is 0 Å². The van der Waals surface area contributed by atoms with Crippen molar-refractivity contribution in [3.05, 3.63) is 68.7 Å². The lowest BCUT2D eigenvalue weighted by molar-refractivity contribution is -0.384. The van der Waals surface area contributed by atoms with Crippen molar-refractivity contribution in [2.75, 3.05) is 13.9 Å². The average Bonchev–Trinajstić information content (AvgIpc) is 2.52. The van der Waals surface area contributed by atoms with E-state index in [1.54, 1.807) is 24.3 Å². The van der Waals surface area contributed by atoms with Gasteiger partial charge in [0.15, 0.2) is 6.79 Å². The minimum Gasteiger partial charge on any atom is -0.466 e. The Bertz CT molecular complexity index is 683. The highest BCUT2D eigenvalue weighted by Crippen LogP contribution is 2.26. The largest absolute Gasteiger partial charge is 0.466 e. The third-order valence-electron chi connectivity index (χ3n) is 2.86. The fourth-order valence-corrected chi connectivity index (χ4v) is 2.00. The number of nitrogens with zero attached hydrogens (tertiary/aromatic N) is 1. The van der Waals surface area contributed by atoms with Crippen molar-refractivity contribution in [3.63, 3.8) is 0 Å². The molecule has 0 aromatic heterocycles. The second kappa shape index (κ2) is 7.59. The first kappa shape index (κ1) is 16.0. The van der Waals surface area contributed by atoms with Gasteiger partial charge in [-0.15, -0.1) is 0 Å². The van der Waals surface area contributed by atoms with Gasteiger partial charge in [-0.25, -0.2) is 0 Å². The summed E-state index contributed by atoms with van der Waals surface area (Å²) < 4.78 is 10.1. The van der Waals surface area contributed by atoms with Crippen molar-refractivity contribution in [3.8, 4) is 5.75 Å². The number of benzene rings is 2. The first-order valence-electron chi connectivity index (χ1n) is 6.44. The van der Waals surface area contributed by atoms with Gasteiger partial charge < -0.3 is 9.47 Å². The standard InChI is InChI=1S/C16H14ClNO4/c1-21-11-22-16-9-6-13(10-15(16)17)3-2-12-4-7-14(8-5-12)18(19)20/h2-10H,11H2,1H3. The number of hydrogen-bond acceptors (Lipinski definition) is 4. The molecule has 0 fully saturated rings. The molecule has 0 atom stereocenters. The van der Waals surface area contributed by atoms with E-state index in [4.69, 9.17) is 21.1 Å². The quantitative estimate of drug-likeness (QED) is 0.342. The van der Waals surface area contributed by atoms with E-state index in [-0.39, 0.29) is 12.5 Å². The van der Waals surface area contributed by atoms with Gasteiger partial charge in [-0.3, -0.25) is 10.1 Å². The summed E-state index contributed by atoms with van der Waals surface area (Å²) >= 11 is 6.11. The number of ether oxygens (including phenoxy) is 2. The number of rotatable bonds is 6. The average molecular weight is 320 g/mol. The molecule has 0 saturated carbocycles. The molecule has 5 nitrogen and oxygen atoms in total. The smallest absolute Gasteiger partial charge is 0.269 e. The molecule has 2 aromatic carbocycles. The molecule has 6 heteroatoms. The van der Waals surface area contributed by atoms with Gasteiger partial charge in [0.05, 0.1) is 9.95 Å². The van der Waals surface area contributed by atoms with Crippen LogP contribution in [0.2, 0.25) is 5.02 Å². The minimum absolute atomic E-state index is 0.0693. The van der Waals surface area contributed by atoms with E-state index < -0.39 is 4.92 Å². The molecule has 0 amide bonds. The van der Waals surface area contributed by atoms with Crippen LogP contribution in [-0.2, 0) is 4.74 Å². The van der Waals surface area contributed by atoms with Gasteiger partial charge in [0.1, 0.15) is 5.75 Å². The first-order valence-corrected chi connectivity index (χ1v) is 6.82. The summed E-state index contributed by atoms with van der Waals surface area (Å²) in [4.78, 5) is 10.2. The zero-order chi connectivity index (χ0) is 15.9. The Labute approximate surface area is 132 Å². The lowest BCUT2D eigenvalue weighted by atomic mass is 10.1. The monoisotopic (exact) mass is 319 g/mol. The van der Waals surface area contributed by atoms with Crippen LogP contribution in [0.1, 0.15) is 11.1 Å². The van der Waals surface area contributed by atoms with Crippen molar-refractivity contribution in [2.45, 2.75) is 0 Å². The van der Waals surface area contributed by atoms with Gasteiger partial charge in [0, 0.05) is 19.2 Å². The van der Waals surface area contributed by atoms with E-state index in [9.17, 15) is 10.1 Å². The van der Waals surface area contributed by atoms with Crippen LogP contribution < -0.4 is 4.74 Å². The van der Waals surface area contributed by atoms with Crippen molar-refractivity contribution in [1.82, 2.24) is 0 Å². The van der Waals surface area contributed by atoms with Gasteiger partial charge in [-0.2, -0.15) is 0 Å². The van der Waals surface area contributed by atoms with Crippen LogP contribution >= 0.6 is 11.6 Å². The second-order valence-corrected chi connectivity index (χ2v) is 4.83. The Morgan fingerprint density at radius 3 is 2.36 bits per heavy atom. The number of nitro benzene ring substituents is 1. The normalized spacial score (nSPS) is 10.8. The zero-order valence-corrected chi connectivity index (χ0v) is 12.6. The summed E-state index contributed by atoms with van der Waals surface area (Å²) in [5.41, 5.74) is 1.83. The van der Waals surface area contributed by atoms with Gasteiger partial charge >= 0.3 is 0 Å². The Morgan fingerprint density at radius 1 is 1.14 bits per heavy atom. The Hall–Kier alpha value is -2.37. The summed E-state index contributed by atoms with van der Waals surface area (Å²) in [5.74, 6) is 0.552. The lowest BCUT2D eigenvalue weighted by Crippen LogP contribution is -1.99. The predicted molar refractivity (Wildman–Crippen MR) is 86.0 cm³/mol. The van der Waals surface area contributed by atoms with Crippen LogP contribution in [0.4, 0.5) is 5.69 Å². The first-order chi connectivity index (χ1) is 10.6. The van der Waals surface area contributed by atoms with E-state index in [1.807, 2.05) is 18.2 Å². The summed E-state index contributed by atoms with van der Waals surface area (Å²) in [6.07, 6.45) is 3.72. The predicted octanol–water partition coefficient (Wildman–Crippen LogP) is 4.40. The lowest BCUT2D eigenvalue weighted by Gasteiger charge is -2.07. The second-order valence-electron chi connectivity index (χ2n) is 4.42. The minimum atomic E-state index is -0.425. The highest BCUT2D eigenvalue weighted by atomic mass is 35.5. The number of methoxy groups -OCH3 is 1. The zero-order valence-electron chi connectivity index (χ0n) is 11.9. The van der Waals surface area contributed by atoms with Crippen LogP contribution in [0.15, 0.2) is 42.5 Å². The molecule has 0 radical (unpaired) electrons. The Balaban J connectivity index is 2.09. The Morgan fingerprint density at radius 2 is 1.77 bits per heavy atom. The van der Waals surface area contributed by atoms with Crippen molar-refractivity contribution < 1.29 is 14.4 Å². The number of hydrogen-bond donors (Lipinski definition) is 0. The summed E-state index contributed by atoms with van der Waals surface area (Å²) in [6, 6.07) is 11.7. The molecule has 0 aliphatic rings. The van der Waals surface area contributed by atoms with Crippen molar-refractivity contribution >= 4 is 29.4 Å². The third kappa shape index (κ3) is 4.31. The van der Waals surface area contributed by atoms with Gasteiger partial charge in [0.2, 0.25) is 0 Å². The molecule has 0 aliphatic heterocycles. The molecule has 0 bridgehead atoms. The molecule has 22 heavy (non-hydrogen) atoms. The maximum atomic E-state index is 10.6. The fraction of sp³-hybridized carbons (Fsp3) is 0.125. The molecule has 114 valence electrons. The molecule has 0 heterocycles. The van der Waals surface area contributed by atoms with E-state index in [1.165, 1.54) is 19.2 Å². The van der Waals surface area contributed by atoms with Gasteiger partial charge in [-0.1, -0.05) is 29.8 Å². The van der Waals surface area contributed by atoms with E-state index in [0.29, 0.717) is 10.8 Å². The van der Waals surface area contributed by atoms with Gasteiger partial charge in [-0.05, 0) is 35.4 Å². The maximum absolute atomic E-state index is 10.6. The van der Waals surface area contributed by atoms with E-state index in [2.05, 4.69) is 0 Å². The summed E-state index contributed by atoms with van der Waals surface area (Å²) in [5, 5.41) is 11.1. The van der Waals surface area contributed by atoms with Crippen LogP contribution in [0.5, 0.6) is 5.75 Å². The molecular weight excluding hydrogens is 306 g/mol. The van der Waals surface area contributed by atoms with Crippen LogP contribution in [-0.4, -0.2) is 18.8 Å². The summed E-state index contributed by atoms with van der Waals surface area (Å²) in [7, 11) is 1.54. The fourth-order valence-electron chi connectivity index (χ4n) is 1.76. The molecule has 0 spiro atoms. The Kier molecular flexibility index (Phi) is 5.52. The molecule has 2 aromatic rings.